The molecule has 0 aliphatic heterocycles. The number of ether oxygens (including phenoxy) is 1. The van der Waals surface area contributed by atoms with Gasteiger partial charge in [-0.1, -0.05) is 18.2 Å². The van der Waals surface area contributed by atoms with Crippen LogP contribution in [0.15, 0.2) is 35.2 Å². The van der Waals surface area contributed by atoms with Crippen LogP contribution in [-0.2, 0) is 14.8 Å². The second kappa shape index (κ2) is 4.75. The number of sulfonamides is 1. The van der Waals surface area contributed by atoms with Crippen LogP contribution >= 0.6 is 0 Å². The standard InChI is InChI=1S/C11H15NO4S/c1-11(2,3)16-10(13)12-17(14,15)9-7-5-4-6-8-9/h4-8H,1-3H3,(H,12,13). The molecule has 0 aromatic heterocycles. The zero-order valence-electron chi connectivity index (χ0n) is 9.93. The summed E-state index contributed by atoms with van der Waals surface area (Å²) in [5, 5.41) is 0. The summed E-state index contributed by atoms with van der Waals surface area (Å²) in [7, 11) is -3.86. The van der Waals surface area contributed by atoms with Crippen molar-refractivity contribution in [2.24, 2.45) is 0 Å². The molecule has 0 spiro atoms. The Hall–Kier alpha value is -1.56. The van der Waals surface area contributed by atoms with Gasteiger partial charge >= 0.3 is 6.09 Å². The molecule has 5 nitrogen and oxygen atoms in total. The Labute approximate surface area is 101 Å². The summed E-state index contributed by atoms with van der Waals surface area (Å²) < 4.78 is 30.1. The summed E-state index contributed by atoms with van der Waals surface area (Å²) in [6, 6.07) is 7.62. The molecule has 0 heterocycles. The molecule has 0 atom stereocenters. The van der Waals surface area contributed by atoms with Gasteiger partial charge in [-0.2, -0.15) is 0 Å². The zero-order valence-corrected chi connectivity index (χ0v) is 10.7. The van der Waals surface area contributed by atoms with E-state index in [2.05, 4.69) is 0 Å². The summed E-state index contributed by atoms with van der Waals surface area (Å²) in [6.07, 6.45) is -0.985. The average molecular weight is 257 g/mol. The zero-order chi connectivity index (χ0) is 13.1. The average Bonchev–Trinajstić information content (AvgIpc) is 2.15. The van der Waals surface area contributed by atoms with Crippen LogP contribution in [0.5, 0.6) is 0 Å². The monoisotopic (exact) mass is 257 g/mol. The van der Waals surface area contributed by atoms with Crippen LogP contribution < -0.4 is 4.72 Å². The van der Waals surface area contributed by atoms with Crippen molar-refractivity contribution in [3.05, 3.63) is 30.3 Å². The molecular weight excluding hydrogens is 242 g/mol. The molecular formula is C11H15NO4S. The predicted molar refractivity (Wildman–Crippen MR) is 63.0 cm³/mol. The molecule has 1 N–H and O–H groups in total. The van der Waals surface area contributed by atoms with Crippen LogP contribution in [0, 0.1) is 0 Å². The van der Waals surface area contributed by atoms with E-state index >= 15 is 0 Å². The van der Waals surface area contributed by atoms with Gasteiger partial charge in [0.25, 0.3) is 10.0 Å². The lowest BCUT2D eigenvalue weighted by atomic mass is 10.2. The largest absolute Gasteiger partial charge is 0.443 e. The number of carbonyl (C=O) groups excluding carboxylic acids is 1. The number of hydrogen-bond acceptors (Lipinski definition) is 4. The maximum absolute atomic E-state index is 11.7. The van der Waals surface area contributed by atoms with Crippen molar-refractivity contribution in [1.82, 2.24) is 4.72 Å². The third kappa shape index (κ3) is 4.44. The van der Waals surface area contributed by atoms with E-state index in [9.17, 15) is 13.2 Å². The van der Waals surface area contributed by atoms with Gasteiger partial charge in [-0.25, -0.2) is 17.9 Å². The van der Waals surface area contributed by atoms with Crippen LogP contribution in [0.1, 0.15) is 20.8 Å². The first kappa shape index (κ1) is 13.5. The number of benzene rings is 1. The van der Waals surface area contributed by atoms with E-state index < -0.39 is 21.7 Å². The SMILES string of the molecule is CC(C)(C)OC(=O)NS(=O)(=O)c1ccccc1. The minimum atomic E-state index is -3.86. The third-order valence-electron chi connectivity index (χ3n) is 1.67. The first-order chi connectivity index (χ1) is 7.71. The fraction of sp³-hybridized carbons (Fsp3) is 0.364. The van der Waals surface area contributed by atoms with Gasteiger partial charge in [0.1, 0.15) is 5.60 Å². The molecule has 0 radical (unpaired) electrons. The van der Waals surface area contributed by atoms with Crippen LogP contribution in [0.4, 0.5) is 4.79 Å². The molecule has 0 unspecified atom stereocenters. The first-order valence-electron chi connectivity index (χ1n) is 5.01. The Morgan fingerprint density at radius 3 is 2.18 bits per heavy atom. The summed E-state index contributed by atoms with van der Waals surface area (Å²) in [5.74, 6) is 0. The van der Waals surface area contributed by atoms with Crippen LogP contribution in [0.3, 0.4) is 0 Å². The molecule has 1 aromatic rings. The second-order valence-electron chi connectivity index (χ2n) is 4.42. The molecule has 0 saturated heterocycles. The van der Waals surface area contributed by atoms with Gasteiger partial charge in [0.2, 0.25) is 0 Å². The Morgan fingerprint density at radius 2 is 1.71 bits per heavy atom. The van der Waals surface area contributed by atoms with E-state index in [0.29, 0.717) is 0 Å². The Morgan fingerprint density at radius 1 is 1.18 bits per heavy atom. The minimum Gasteiger partial charge on any atom is -0.443 e. The van der Waals surface area contributed by atoms with E-state index in [-0.39, 0.29) is 4.90 Å². The van der Waals surface area contributed by atoms with Crippen LogP contribution in [0.25, 0.3) is 0 Å². The van der Waals surface area contributed by atoms with Crippen molar-refractivity contribution in [1.29, 1.82) is 0 Å². The summed E-state index contributed by atoms with van der Waals surface area (Å²) in [6.45, 7) is 4.96. The van der Waals surface area contributed by atoms with E-state index in [1.54, 1.807) is 39.0 Å². The normalized spacial score (nSPS) is 11.9. The van der Waals surface area contributed by atoms with Gasteiger partial charge in [-0.3, -0.25) is 0 Å². The van der Waals surface area contributed by atoms with E-state index in [1.807, 2.05) is 4.72 Å². The van der Waals surface area contributed by atoms with Gasteiger partial charge in [-0.15, -0.1) is 0 Å². The van der Waals surface area contributed by atoms with Gasteiger partial charge in [0, 0.05) is 0 Å². The summed E-state index contributed by atoms with van der Waals surface area (Å²) in [4.78, 5) is 11.4. The molecule has 1 aromatic carbocycles. The topological polar surface area (TPSA) is 72.5 Å². The van der Waals surface area contributed by atoms with Gasteiger partial charge in [-0.05, 0) is 32.9 Å². The van der Waals surface area contributed by atoms with Gasteiger partial charge < -0.3 is 4.74 Å². The van der Waals surface area contributed by atoms with E-state index in [0.717, 1.165) is 0 Å². The molecule has 0 fully saturated rings. The van der Waals surface area contributed by atoms with Crippen molar-refractivity contribution in [2.45, 2.75) is 31.3 Å². The molecule has 1 amide bonds. The van der Waals surface area contributed by atoms with Crippen LogP contribution in [0.2, 0.25) is 0 Å². The van der Waals surface area contributed by atoms with Crippen molar-refractivity contribution >= 4 is 16.1 Å². The third-order valence-corrected chi connectivity index (χ3v) is 3.00. The lowest BCUT2D eigenvalue weighted by molar-refractivity contribution is 0.0570. The number of amides is 1. The Bertz CT molecular complexity index is 488. The fourth-order valence-electron chi connectivity index (χ4n) is 1.07. The highest BCUT2D eigenvalue weighted by molar-refractivity contribution is 7.90. The number of carbonyl (C=O) groups is 1. The lowest BCUT2D eigenvalue weighted by Gasteiger charge is -2.19. The molecule has 0 saturated carbocycles. The van der Waals surface area contributed by atoms with Gasteiger partial charge in [0.15, 0.2) is 0 Å². The van der Waals surface area contributed by atoms with E-state index in [4.69, 9.17) is 4.74 Å². The summed E-state index contributed by atoms with van der Waals surface area (Å²) in [5.41, 5.74) is -0.740. The number of hydrogen-bond donors (Lipinski definition) is 1. The molecule has 17 heavy (non-hydrogen) atoms. The molecule has 1 rings (SSSR count). The smallest absolute Gasteiger partial charge is 0.421 e. The molecule has 0 bridgehead atoms. The number of rotatable bonds is 2. The highest BCUT2D eigenvalue weighted by Crippen LogP contribution is 2.10. The van der Waals surface area contributed by atoms with Crippen LogP contribution in [-0.4, -0.2) is 20.1 Å². The first-order valence-corrected chi connectivity index (χ1v) is 6.50. The second-order valence-corrected chi connectivity index (χ2v) is 6.10. The lowest BCUT2D eigenvalue weighted by Crippen LogP contribution is -2.36. The fourth-order valence-corrected chi connectivity index (χ4v) is 1.96. The van der Waals surface area contributed by atoms with E-state index in [1.165, 1.54) is 12.1 Å². The van der Waals surface area contributed by atoms with Crippen molar-refractivity contribution in [3.8, 4) is 0 Å². The predicted octanol–water partition coefficient (Wildman–Crippen LogP) is 1.90. The highest BCUT2D eigenvalue weighted by atomic mass is 32.2. The maximum atomic E-state index is 11.7. The highest BCUT2D eigenvalue weighted by Gasteiger charge is 2.22. The molecule has 0 aliphatic rings. The van der Waals surface area contributed by atoms with Crippen molar-refractivity contribution < 1.29 is 17.9 Å². The quantitative estimate of drug-likeness (QED) is 0.878. The minimum absolute atomic E-state index is 0.0193. The Kier molecular flexibility index (Phi) is 3.77. The molecule has 0 aliphatic carbocycles. The number of nitrogens with one attached hydrogen (secondary N) is 1. The maximum Gasteiger partial charge on any atom is 0.421 e. The molecule has 94 valence electrons. The van der Waals surface area contributed by atoms with Crippen molar-refractivity contribution in [3.63, 3.8) is 0 Å². The summed E-state index contributed by atoms with van der Waals surface area (Å²) >= 11 is 0. The van der Waals surface area contributed by atoms with Gasteiger partial charge in [0.05, 0.1) is 4.90 Å². The van der Waals surface area contributed by atoms with Crippen molar-refractivity contribution in [2.75, 3.05) is 0 Å². The Balaban J connectivity index is 2.79. The molecule has 6 heteroatoms.